The van der Waals surface area contributed by atoms with Crippen molar-refractivity contribution < 1.29 is 14.5 Å². The Balaban J connectivity index is 1.39. The van der Waals surface area contributed by atoms with Gasteiger partial charge in [-0.15, -0.1) is 0 Å². The van der Waals surface area contributed by atoms with Crippen LogP contribution in [0.5, 0.6) is 0 Å². The summed E-state index contributed by atoms with van der Waals surface area (Å²) in [6, 6.07) is 2.05. The first-order valence-electron chi connectivity index (χ1n) is 9.41. The molecule has 5 rings (SSSR count). The quantitative estimate of drug-likeness (QED) is 0.704. The Morgan fingerprint density at radius 1 is 1.54 bits per heavy atom. The average molecular weight is 354 g/mol. The minimum absolute atomic E-state index is 0.0367. The zero-order valence-electron chi connectivity index (χ0n) is 14.9. The number of hydrogen-bond acceptors (Lipinski definition) is 4. The zero-order valence-corrected chi connectivity index (χ0v) is 14.9. The third-order valence-electron chi connectivity index (χ3n) is 6.25. The number of H-pyrrole nitrogens is 1. The maximum atomic E-state index is 12.3. The van der Waals surface area contributed by atoms with Crippen LogP contribution in [-0.2, 0) is 10.3 Å². The minimum atomic E-state index is -0.917. The lowest BCUT2D eigenvalue weighted by molar-refractivity contribution is -0.109. The fourth-order valence-electron chi connectivity index (χ4n) is 5.22. The number of likely N-dealkylation sites (tertiary alicyclic amines) is 1. The van der Waals surface area contributed by atoms with Crippen molar-refractivity contribution in [1.29, 1.82) is 0 Å². The molecule has 4 heterocycles. The number of aromatic amines is 1. The van der Waals surface area contributed by atoms with Gasteiger partial charge in [0.1, 0.15) is 5.65 Å². The van der Waals surface area contributed by atoms with Gasteiger partial charge in [-0.25, -0.2) is 9.78 Å². The van der Waals surface area contributed by atoms with Gasteiger partial charge in [-0.2, -0.15) is 0 Å². The van der Waals surface area contributed by atoms with E-state index < -0.39 is 12.7 Å². The number of amides is 2. The molecule has 8 heteroatoms. The van der Waals surface area contributed by atoms with E-state index in [-0.39, 0.29) is 11.4 Å². The molecule has 2 aromatic rings. The van der Waals surface area contributed by atoms with E-state index in [2.05, 4.69) is 22.2 Å². The molecule has 7 nitrogen and oxygen atoms in total. The van der Waals surface area contributed by atoms with Crippen molar-refractivity contribution in [1.82, 2.24) is 20.2 Å². The van der Waals surface area contributed by atoms with E-state index in [1.54, 1.807) is 6.20 Å². The van der Waals surface area contributed by atoms with Crippen LogP contribution in [0.2, 0.25) is 0 Å². The number of nitrogens with one attached hydrogen (secondary N) is 2. The van der Waals surface area contributed by atoms with Crippen LogP contribution in [0.4, 0.5) is 4.79 Å². The summed E-state index contributed by atoms with van der Waals surface area (Å²) in [6.45, 7) is 4.32. The Labute approximate surface area is 152 Å². The van der Waals surface area contributed by atoms with Crippen LogP contribution in [0.25, 0.3) is 11.0 Å². The van der Waals surface area contributed by atoms with Gasteiger partial charge in [0.2, 0.25) is 0 Å². The molecule has 1 aliphatic carbocycles. The van der Waals surface area contributed by atoms with E-state index in [0.29, 0.717) is 6.54 Å². The van der Waals surface area contributed by atoms with E-state index in [0.717, 1.165) is 60.8 Å². The molecule has 0 bridgehead atoms. The molecular formula is C18H23BN4O3. The minimum Gasteiger partial charge on any atom is -0.423 e. The van der Waals surface area contributed by atoms with Crippen LogP contribution in [0.1, 0.15) is 38.2 Å². The third kappa shape index (κ3) is 2.15. The first-order valence-corrected chi connectivity index (χ1v) is 9.41. The summed E-state index contributed by atoms with van der Waals surface area (Å²) >= 11 is 0. The molecule has 1 saturated carbocycles. The van der Waals surface area contributed by atoms with E-state index >= 15 is 0 Å². The highest BCUT2D eigenvalue weighted by Crippen LogP contribution is 2.62. The van der Waals surface area contributed by atoms with Gasteiger partial charge >= 0.3 is 13.1 Å². The molecule has 0 atom stereocenters. The lowest BCUT2D eigenvalue weighted by atomic mass is 9.56. The van der Waals surface area contributed by atoms with Crippen LogP contribution >= 0.6 is 0 Å². The average Bonchev–Trinajstić information content (AvgIpc) is 3.30. The summed E-state index contributed by atoms with van der Waals surface area (Å²) in [5, 5.41) is 14.4. The SMILES string of the molecule is CCCNC(=O)N1CCC2(C1)CC1(C2)OB(O)c2cnc3[nH]ccc3c21. The summed E-state index contributed by atoms with van der Waals surface area (Å²) in [5.41, 5.74) is 2.33. The van der Waals surface area contributed by atoms with Crippen LogP contribution in [0.3, 0.4) is 0 Å². The maximum Gasteiger partial charge on any atom is 0.493 e. The van der Waals surface area contributed by atoms with Gasteiger partial charge < -0.3 is 24.9 Å². The highest BCUT2D eigenvalue weighted by atomic mass is 16.5. The monoisotopic (exact) mass is 354 g/mol. The largest absolute Gasteiger partial charge is 0.493 e. The summed E-state index contributed by atoms with van der Waals surface area (Å²) in [6.07, 6.45) is 7.21. The predicted octanol–water partition coefficient (Wildman–Crippen LogP) is 1.08. The predicted molar refractivity (Wildman–Crippen MR) is 98.0 cm³/mol. The van der Waals surface area contributed by atoms with Crippen LogP contribution in [-0.4, -0.2) is 52.7 Å². The van der Waals surface area contributed by atoms with Gasteiger partial charge in [-0.05, 0) is 42.7 Å². The topological polar surface area (TPSA) is 90.5 Å². The van der Waals surface area contributed by atoms with Gasteiger partial charge in [0.15, 0.2) is 0 Å². The third-order valence-corrected chi connectivity index (χ3v) is 6.25. The highest BCUT2D eigenvalue weighted by molar-refractivity contribution is 6.62. The van der Waals surface area contributed by atoms with E-state index in [1.807, 2.05) is 17.2 Å². The molecule has 2 fully saturated rings. The number of urea groups is 1. The van der Waals surface area contributed by atoms with E-state index in [1.165, 1.54) is 0 Å². The number of carbonyl (C=O) groups is 1. The Morgan fingerprint density at radius 2 is 2.38 bits per heavy atom. The Morgan fingerprint density at radius 3 is 3.19 bits per heavy atom. The fourth-order valence-corrected chi connectivity index (χ4v) is 5.22. The van der Waals surface area contributed by atoms with Gasteiger partial charge in [0.25, 0.3) is 0 Å². The normalized spacial score (nSPS) is 29.6. The zero-order chi connectivity index (χ0) is 17.9. The summed E-state index contributed by atoms with van der Waals surface area (Å²) in [7, 11) is -0.917. The van der Waals surface area contributed by atoms with Crippen molar-refractivity contribution in [3.8, 4) is 0 Å². The Bertz CT molecular complexity index is 876. The van der Waals surface area contributed by atoms with Gasteiger partial charge in [0.05, 0.1) is 5.60 Å². The van der Waals surface area contributed by atoms with Gasteiger partial charge in [-0.1, -0.05) is 6.92 Å². The molecule has 1 saturated heterocycles. The van der Waals surface area contributed by atoms with Crippen molar-refractivity contribution in [2.24, 2.45) is 5.41 Å². The summed E-state index contributed by atoms with van der Waals surface area (Å²) in [5.74, 6) is 0. The fraction of sp³-hybridized carbons (Fsp3) is 0.556. The number of nitrogens with zero attached hydrogens (tertiary/aromatic N) is 2. The van der Waals surface area contributed by atoms with Crippen LogP contribution in [0.15, 0.2) is 18.5 Å². The number of rotatable bonds is 2. The first kappa shape index (κ1) is 16.1. The molecule has 3 N–H and O–H groups in total. The van der Waals surface area contributed by atoms with Crippen molar-refractivity contribution in [3.05, 3.63) is 24.0 Å². The van der Waals surface area contributed by atoms with Crippen molar-refractivity contribution >= 4 is 29.6 Å². The maximum absolute atomic E-state index is 12.3. The van der Waals surface area contributed by atoms with Crippen molar-refractivity contribution in [2.75, 3.05) is 19.6 Å². The lowest BCUT2D eigenvalue weighted by Crippen LogP contribution is -2.52. The molecule has 0 radical (unpaired) electrons. The second-order valence-electron chi connectivity index (χ2n) is 8.05. The number of fused-ring (bicyclic) bond motifs is 4. The van der Waals surface area contributed by atoms with Gasteiger partial charge in [-0.3, -0.25) is 0 Å². The molecule has 3 aliphatic rings. The van der Waals surface area contributed by atoms with E-state index in [4.69, 9.17) is 4.65 Å². The molecule has 136 valence electrons. The highest BCUT2D eigenvalue weighted by Gasteiger charge is 2.63. The number of aromatic nitrogens is 2. The Kier molecular flexibility index (Phi) is 3.40. The molecule has 0 aromatic carbocycles. The number of carbonyl (C=O) groups excluding carboxylic acids is 1. The van der Waals surface area contributed by atoms with Crippen LogP contribution in [0, 0.1) is 5.41 Å². The standard InChI is InChI=1S/C18H23BN4O3/c1-2-5-21-16(24)23-7-4-17(11-23)9-18(10-17)14-12-3-6-20-15(12)22-8-13(14)19(25)26-18/h3,6,8,25H,2,4-5,7,9-11H2,1H3,(H,20,22)(H,21,24). The molecule has 2 aliphatic heterocycles. The molecule has 2 amide bonds. The van der Waals surface area contributed by atoms with Crippen LogP contribution < -0.4 is 10.8 Å². The number of pyridine rings is 1. The number of hydrogen-bond donors (Lipinski definition) is 3. The lowest BCUT2D eigenvalue weighted by Gasteiger charge is -2.53. The molecule has 26 heavy (non-hydrogen) atoms. The first-order chi connectivity index (χ1) is 12.6. The van der Waals surface area contributed by atoms with E-state index in [9.17, 15) is 9.82 Å². The molecular weight excluding hydrogens is 331 g/mol. The second kappa shape index (κ2) is 5.47. The van der Waals surface area contributed by atoms with Crippen molar-refractivity contribution in [2.45, 2.75) is 38.2 Å². The molecule has 0 unspecified atom stereocenters. The molecule has 2 spiro atoms. The molecule has 2 aromatic heterocycles. The Hall–Kier alpha value is -2.06. The second-order valence-corrected chi connectivity index (χ2v) is 8.05. The smallest absolute Gasteiger partial charge is 0.423 e. The summed E-state index contributed by atoms with van der Waals surface area (Å²) in [4.78, 5) is 21.7. The van der Waals surface area contributed by atoms with Crippen molar-refractivity contribution in [3.63, 3.8) is 0 Å². The van der Waals surface area contributed by atoms with Gasteiger partial charge in [0, 0.05) is 42.9 Å². The summed E-state index contributed by atoms with van der Waals surface area (Å²) < 4.78 is 6.06.